The number of nitrogens with zero attached hydrogens (tertiary/aromatic N) is 2. The van der Waals surface area contributed by atoms with Gasteiger partial charge in [0.2, 0.25) is 0 Å². The van der Waals surface area contributed by atoms with Gasteiger partial charge in [-0.2, -0.15) is 0 Å². The third-order valence-corrected chi connectivity index (χ3v) is 5.34. The molecule has 1 aliphatic carbocycles. The van der Waals surface area contributed by atoms with E-state index in [1.54, 1.807) is 0 Å². The Morgan fingerprint density at radius 3 is 2.85 bits per heavy atom. The smallest absolute Gasteiger partial charge is 0.112 e. The van der Waals surface area contributed by atoms with Gasteiger partial charge in [-0.25, -0.2) is 4.98 Å². The van der Waals surface area contributed by atoms with Crippen molar-refractivity contribution in [2.75, 3.05) is 13.2 Å². The predicted octanol–water partition coefficient (Wildman–Crippen LogP) is 2.54. The van der Waals surface area contributed by atoms with Crippen LogP contribution in [0.1, 0.15) is 68.2 Å². The highest BCUT2D eigenvalue weighted by Crippen LogP contribution is 2.39. The number of hydrogen-bond acceptors (Lipinski definition) is 3. The summed E-state index contributed by atoms with van der Waals surface area (Å²) >= 11 is 0. The summed E-state index contributed by atoms with van der Waals surface area (Å²) in [4.78, 5) is 5.06. The fourth-order valence-electron chi connectivity index (χ4n) is 4.26. The predicted molar refractivity (Wildman–Crippen MR) is 77.9 cm³/mol. The second-order valence-electron chi connectivity index (χ2n) is 6.57. The number of nitrogens with one attached hydrogen (secondary N) is 1. The molecule has 20 heavy (non-hydrogen) atoms. The third kappa shape index (κ3) is 2.01. The average Bonchev–Trinajstić information content (AvgIpc) is 3.15. The van der Waals surface area contributed by atoms with Gasteiger partial charge in [0, 0.05) is 37.7 Å². The van der Waals surface area contributed by atoms with Crippen molar-refractivity contribution in [3.8, 4) is 0 Å². The van der Waals surface area contributed by atoms with Crippen molar-refractivity contribution in [2.45, 2.75) is 70.1 Å². The first-order chi connectivity index (χ1) is 9.84. The Morgan fingerprint density at radius 1 is 1.25 bits per heavy atom. The van der Waals surface area contributed by atoms with Crippen molar-refractivity contribution in [3.63, 3.8) is 0 Å². The molecule has 110 valence electrons. The lowest BCUT2D eigenvalue weighted by atomic mass is 10.0. The van der Waals surface area contributed by atoms with Gasteiger partial charge in [0.05, 0.1) is 17.8 Å². The molecule has 0 amide bonds. The molecule has 4 rings (SSSR count). The zero-order valence-electron chi connectivity index (χ0n) is 12.4. The summed E-state index contributed by atoms with van der Waals surface area (Å²) in [5.74, 6) is 2.06. The van der Waals surface area contributed by atoms with Gasteiger partial charge >= 0.3 is 0 Å². The van der Waals surface area contributed by atoms with E-state index in [4.69, 9.17) is 9.72 Å². The van der Waals surface area contributed by atoms with Crippen LogP contribution in [0.25, 0.3) is 0 Å². The second-order valence-corrected chi connectivity index (χ2v) is 6.57. The lowest BCUT2D eigenvalue weighted by molar-refractivity contribution is 0.106. The monoisotopic (exact) mass is 275 g/mol. The number of hydrogen-bond donors (Lipinski definition) is 1. The van der Waals surface area contributed by atoms with E-state index >= 15 is 0 Å². The summed E-state index contributed by atoms with van der Waals surface area (Å²) in [5.41, 5.74) is 2.80. The van der Waals surface area contributed by atoms with E-state index in [9.17, 15) is 0 Å². The molecule has 1 aromatic rings. The van der Waals surface area contributed by atoms with E-state index in [1.807, 2.05) is 0 Å². The third-order valence-electron chi connectivity index (χ3n) is 5.34. The van der Waals surface area contributed by atoms with Gasteiger partial charge < -0.3 is 14.6 Å². The fourth-order valence-corrected chi connectivity index (χ4v) is 4.26. The minimum absolute atomic E-state index is 0.336. The molecule has 1 N–H and O–H groups in total. The first kappa shape index (κ1) is 12.8. The molecule has 2 aliphatic heterocycles. The van der Waals surface area contributed by atoms with Crippen LogP contribution in [-0.2, 0) is 17.7 Å². The van der Waals surface area contributed by atoms with E-state index in [0.29, 0.717) is 18.1 Å². The molecule has 0 bridgehead atoms. The van der Waals surface area contributed by atoms with Crippen molar-refractivity contribution in [3.05, 3.63) is 17.2 Å². The van der Waals surface area contributed by atoms with Crippen molar-refractivity contribution < 1.29 is 4.74 Å². The van der Waals surface area contributed by atoms with Crippen LogP contribution in [0.2, 0.25) is 0 Å². The fraction of sp³-hybridized carbons (Fsp3) is 0.812. The number of imidazole rings is 1. The highest BCUT2D eigenvalue weighted by Gasteiger charge is 2.34. The van der Waals surface area contributed by atoms with Gasteiger partial charge in [-0.3, -0.25) is 0 Å². The van der Waals surface area contributed by atoms with Gasteiger partial charge in [-0.1, -0.05) is 12.8 Å². The van der Waals surface area contributed by atoms with E-state index in [-0.39, 0.29) is 0 Å². The lowest BCUT2D eigenvalue weighted by Gasteiger charge is -2.25. The maximum absolute atomic E-state index is 5.83. The topological polar surface area (TPSA) is 39.1 Å². The molecule has 2 atom stereocenters. The average molecular weight is 275 g/mol. The number of rotatable bonds is 2. The molecule has 4 heteroatoms. The number of ether oxygens (including phenoxy) is 1. The van der Waals surface area contributed by atoms with Crippen LogP contribution in [-0.4, -0.2) is 28.8 Å². The molecular weight excluding hydrogens is 250 g/mol. The van der Waals surface area contributed by atoms with Gasteiger partial charge in [0.1, 0.15) is 5.82 Å². The van der Waals surface area contributed by atoms with Crippen LogP contribution in [0.4, 0.5) is 0 Å². The first-order valence-corrected chi connectivity index (χ1v) is 8.27. The van der Waals surface area contributed by atoms with Crippen LogP contribution < -0.4 is 5.32 Å². The number of fused-ring (bicyclic) bond motifs is 1. The molecule has 3 aliphatic rings. The largest absolute Gasteiger partial charge is 0.376 e. The molecule has 3 heterocycles. The summed E-state index contributed by atoms with van der Waals surface area (Å²) in [5, 5.41) is 3.47. The molecule has 0 spiro atoms. The van der Waals surface area contributed by atoms with Crippen LogP contribution in [0.3, 0.4) is 0 Å². The molecule has 1 saturated carbocycles. The molecule has 0 radical (unpaired) electrons. The minimum atomic E-state index is 0.336. The Hall–Kier alpha value is -0.870. The van der Waals surface area contributed by atoms with E-state index in [1.165, 1.54) is 42.9 Å². The Balaban J connectivity index is 1.78. The van der Waals surface area contributed by atoms with Crippen LogP contribution in [0, 0.1) is 0 Å². The normalized spacial score (nSPS) is 30.9. The Labute approximate surface area is 120 Å². The zero-order valence-corrected chi connectivity index (χ0v) is 12.4. The highest BCUT2D eigenvalue weighted by atomic mass is 16.5. The van der Waals surface area contributed by atoms with Crippen LogP contribution >= 0.6 is 0 Å². The SMILES string of the molecule is CC1OCCC1n1c(C2CCCC2)nc2c1CCNC2. The van der Waals surface area contributed by atoms with Crippen molar-refractivity contribution >= 4 is 0 Å². The van der Waals surface area contributed by atoms with Crippen LogP contribution in [0.15, 0.2) is 0 Å². The standard InChI is InChI=1S/C16H25N3O/c1-11-14(7-9-20-11)19-15-6-8-17-10-13(15)18-16(19)12-4-2-3-5-12/h11-12,14,17H,2-10H2,1H3. The summed E-state index contributed by atoms with van der Waals surface area (Å²) in [6.45, 7) is 5.17. The van der Waals surface area contributed by atoms with Gasteiger partial charge in [0.25, 0.3) is 0 Å². The quantitative estimate of drug-likeness (QED) is 0.901. The van der Waals surface area contributed by atoms with E-state index < -0.39 is 0 Å². The number of aromatic nitrogens is 2. The van der Waals surface area contributed by atoms with Crippen molar-refractivity contribution in [2.24, 2.45) is 0 Å². The summed E-state index contributed by atoms with van der Waals surface area (Å²) in [7, 11) is 0. The lowest BCUT2D eigenvalue weighted by Crippen LogP contribution is -2.28. The molecule has 1 saturated heterocycles. The highest BCUT2D eigenvalue weighted by molar-refractivity contribution is 5.24. The van der Waals surface area contributed by atoms with Gasteiger partial charge in [-0.05, 0) is 26.2 Å². The second kappa shape index (κ2) is 5.15. The van der Waals surface area contributed by atoms with Crippen molar-refractivity contribution in [1.82, 2.24) is 14.9 Å². The summed E-state index contributed by atoms with van der Waals surface area (Å²) in [6.07, 6.45) is 8.00. The van der Waals surface area contributed by atoms with Gasteiger partial charge in [-0.15, -0.1) is 0 Å². The van der Waals surface area contributed by atoms with E-state index in [2.05, 4.69) is 16.8 Å². The Kier molecular flexibility index (Phi) is 3.31. The zero-order chi connectivity index (χ0) is 13.5. The van der Waals surface area contributed by atoms with Crippen LogP contribution in [0.5, 0.6) is 0 Å². The first-order valence-electron chi connectivity index (χ1n) is 8.27. The van der Waals surface area contributed by atoms with E-state index in [0.717, 1.165) is 32.5 Å². The Morgan fingerprint density at radius 2 is 2.10 bits per heavy atom. The summed E-state index contributed by atoms with van der Waals surface area (Å²) in [6, 6.07) is 0.514. The molecular formula is C16H25N3O. The molecule has 0 aromatic carbocycles. The van der Waals surface area contributed by atoms with Crippen molar-refractivity contribution in [1.29, 1.82) is 0 Å². The molecule has 4 nitrogen and oxygen atoms in total. The molecule has 2 fully saturated rings. The maximum Gasteiger partial charge on any atom is 0.112 e. The molecule has 1 aromatic heterocycles. The maximum atomic E-state index is 5.83. The Bertz CT molecular complexity index is 490. The molecule has 2 unspecified atom stereocenters. The minimum Gasteiger partial charge on any atom is -0.376 e. The van der Waals surface area contributed by atoms with Gasteiger partial charge in [0.15, 0.2) is 0 Å². The summed E-state index contributed by atoms with van der Waals surface area (Å²) < 4.78 is 8.43.